The summed E-state index contributed by atoms with van der Waals surface area (Å²) in [6, 6.07) is 15.6. The summed E-state index contributed by atoms with van der Waals surface area (Å²) in [4.78, 5) is 36.4. The zero-order valence-corrected chi connectivity index (χ0v) is 19.2. The zero-order valence-electron chi connectivity index (χ0n) is 16.8. The summed E-state index contributed by atoms with van der Waals surface area (Å²) < 4.78 is 1.72. The maximum absolute atomic E-state index is 13.2. The highest BCUT2D eigenvalue weighted by Crippen LogP contribution is 2.44. The average Bonchev–Trinajstić information content (AvgIpc) is 3.32. The normalized spacial score (nSPS) is 17.9. The van der Waals surface area contributed by atoms with Crippen molar-refractivity contribution >= 4 is 60.1 Å². The molecule has 1 aliphatic rings. The van der Waals surface area contributed by atoms with Gasteiger partial charge < -0.3 is 5.11 Å². The number of carbonyl (C=O) groups is 2. The van der Waals surface area contributed by atoms with Crippen LogP contribution < -0.4 is 4.90 Å². The molecule has 0 aliphatic carbocycles. The molecule has 1 saturated heterocycles. The largest absolute Gasteiger partial charge is 0.507 e. The van der Waals surface area contributed by atoms with Gasteiger partial charge in [-0.3, -0.25) is 19.5 Å². The van der Waals surface area contributed by atoms with E-state index in [1.807, 2.05) is 49.4 Å². The Morgan fingerprint density at radius 1 is 1.09 bits per heavy atom. The predicted molar refractivity (Wildman–Crippen MR) is 128 cm³/mol. The number of ketones is 1. The van der Waals surface area contributed by atoms with Crippen LogP contribution in [0.5, 0.6) is 0 Å². The van der Waals surface area contributed by atoms with Crippen molar-refractivity contribution in [3.63, 3.8) is 0 Å². The van der Waals surface area contributed by atoms with Gasteiger partial charge in [0.15, 0.2) is 5.13 Å². The third kappa shape index (κ3) is 3.41. The smallest absolute Gasteiger partial charge is 0.301 e. The van der Waals surface area contributed by atoms with Crippen LogP contribution in [0, 0.1) is 6.92 Å². The number of hydrogen-bond donors (Lipinski definition) is 1. The topological polar surface area (TPSA) is 83.4 Å². The van der Waals surface area contributed by atoms with Crippen LogP contribution in [0.3, 0.4) is 0 Å². The summed E-state index contributed by atoms with van der Waals surface area (Å²) in [6.45, 7) is 1.99. The van der Waals surface area contributed by atoms with E-state index in [0.29, 0.717) is 16.3 Å². The highest BCUT2D eigenvalue weighted by atomic mass is 79.9. The van der Waals surface area contributed by atoms with Gasteiger partial charge >= 0.3 is 5.91 Å². The lowest BCUT2D eigenvalue weighted by atomic mass is 9.96. The molecule has 1 aliphatic heterocycles. The van der Waals surface area contributed by atoms with Gasteiger partial charge in [-0.25, -0.2) is 4.98 Å². The third-order valence-corrected chi connectivity index (χ3v) is 6.81. The molecule has 1 atom stereocenters. The number of fused-ring (bicyclic) bond motifs is 1. The number of carbonyl (C=O) groups excluding carboxylic acids is 2. The van der Waals surface area contributed by atoms with E-state index in [0.717, 1.165) is 20.3 Å². The van der Waals surface area contributed by atoms with Gasteiger partial charge in [-0.05, 0) is 54.4 Å². The molecule has 1 fully saturated rings. The SMILES string of the molecule is Cc1ccc2nc(N3C(=O)C(=O)C(=C(O)c4ccncc4)C3c3cccc(Br)c3)sc2c1. The summed E-state index contributed by atoms with van der Waals surface area (Å²) >= 11 is 4.81. The first-order valence-electron chi connectivity index (χ1n) is 9.78. The molecular weight excluding hydrogens is 490 g/mol. The lowest BCUT2D eigenvalue weighted by Crippen LogP contribution is -2.29. The van der Waals surface area contributed by atoms with Gasteiger partial charge in [0.1, 0.15) is 5.76 Å². The van der Waals surface area contributed by atoms with Crippen molar-refractivity contribution in [2.24, 2.45) is 0 Å². The first-order valence-corrected chi connectivity index (χ1v) is 11.4. The minimum atomic E-state index is -0.817. The molecule has 8 heteroatoms. The Balaban J connectivity index is 1.75. The van der Waals surface area contributed by atoms with Crippen molar-refractivity contribution < 1.29 is 14.7 Å². The first kappa shape index (κ1) is 20.5. The molecule has 3 heterocycles. The van der Waals surface area contributed by atoms with Crippen LogP contribution >= 0.6 is 27.3 Å². The van der Waals surface area contributed by atoms with Crippen molar-refractivity contribution in [1.29, 1.82) is 0 Å². The van der Waals surface area contributed by atoms with Crippen molar-refractivity contribution in [3.8, 4) is 0 Å². The lowest BCUT2D eigenvalue weighted by Gasteiger charge is -2.23. The highest BCUT2D eigenvalue weighted by Gasteiger charge is 2.48. The van der Waals surface area contributed by atoms with Crippen LogP contribution in [-0.4, -0.2) is 26.8 Å². The number of aryl methyl sites for hydroxylation is 1. The van der Waals surface area contributed by atoms with Crippen LogP contribution in [0.1, 0.15) is 22.7 Å². The van der Waals surface area contributed by atoms with E-state index in [2.05, 4.69) is 25.9 Å². The molecule has 1 unspecified atom stereocenters. The summed E-state index contributed by atoms with van der Waals surface area (Å²) in [5.74, 6) is -1.71. The number of nitrogens with zero attached hydrogens (tertiary/aromatic N) is 3. The van der Waals surface area contributed by atoms with Gasteiger partial charge in [-0.1, -0.05) is 45.5 Å². The van der Waals surface area contributed by atoms with E-state index in [9.17, 15) is 14.7 Å². The molecule has 0 saturated carbocycles. The number of amides is 1. The fourth-order valence-electron chi connectivity index (χ4n) is 3.81. The van der Waals surface area contributed by atoms with E-state index in [1.165, 1.54) is 28.6 Å². The first-order chi connectivity index (χ1) is 15.4. The molecule has 6 nitrogen and oxygen atoms in total. The Labute approximate surface area is 196 Å². The van der Waals surface area contributed by atoms with E-state index in [1.54, 1.807) is 12.1 Å². The van der Waals surface area contributed by atoms with Gasteiger partial charge in [-0.2, -0.15) is 0 Å². The number of aliphatic hydroxyl groups is 1. The standard InChI is InChI=1S/C24H16BrN3O3S/c1-13-5-6-17-18(11-13)32-24(27-17)28-20(15-3-2-4-16(25)12-15)19(22(30)23(28)31)21(29)14-7-9-26-10-8-14/h2-12,20,29H,1H3. The Bertz CT molecular complexity index is 1410. The number of aliphatic hydroxyl groups excluding tert-OH is 1. The van der Waals surface area contributed by atoms with Gasteiger partial charge in [0, 0.05) is 22.4 Å². The second-order valence-electron chi connectivity index (χ2n) is 7.43. The molecule has 1 N–H and O–H groups in total. The van der Waals surface area contributed by atoms with Gasteiger partial charge in [0.25, 0.3) is 5.78 Å². The van der Waals surface area contributed by atoms with Crippen LogP contribution in [0.2, 0.25) is 0 Å². The van der Waals surface area contributed by atoms with Gasteiger partial charge in [0.2, 0.25) is 0 Å². The summed E-state index contributed by atoms with van der Waals surface area (Å²) in [7, 11) is 0. The molecule has 1 amide bonds. The minimum Gasteiger partial charge on any atom is -0.507 e. The molecule has 2 aromatic carbocycles. The van der Waals surface area contributed by atoms with E-state index in [4.69, 9.17) is 0 Å². The number of thiazole rings is 1. The van der Waals surface area contributed by atoms with Crippen LogP contribution in [0.25, 0.3) is 16.0 Å². The minimum absolute atomic E-state index is 0.0229. The number of rotatable bonds is 3. The Morgan fingerprint density at radius 3 is 2.62 bits per heavy atom. The second kappa shape index (κ2) is 7.96. The molecule has 158 valence electrons. The summed E-state index contributed by atoms with van der Waals surface area (Å²) in [5.41, 5.74) is 2.95. The highest BCUT2D eigenvalue weighted by molar-refractivity contribution is 9.10. The Hall–Kier alpha value is -3.36. The van der Waals surface area contributed by atoms with E-state index >= 15 is 0 Å². The van der Waals surface area contributed by atoms with Crippen LogP contribution in [0.4, 0.5) is 5.13 Å². The molecular formula is C24H16BrN3O3S. The Morgan fingerprint density at radius 2 is 1.88 bits per heavy atom. The number of benzene rings is 2. The van der Waals surface area contributed by atoms with Gasteiger partial charge in [0.05, 0.1) is 21.8 Å². The second-order valence-corrected chi connectivity index (χ2v) is 9.35. The summed E-state index contributed by atoms with van der Waals surface area (Å²) in [5, 5.41) is 11.5. The number of Topliss-reactive ketones (excluding diaryl/α,β-unsaturated/α-hetero) is 1. The van der Waals surface area contributed by atoms with Crippen molar-refractivity contribution in [2.45, 2.75) is 13.0 Å². The van der Waals surface area contributed by atoms with Crippen LogP contribution in [0.15, 0.2) is 77.0 Å². The molecule has 0 spiro atoms. The molecule has 0 radical (unpaired) electrons. The number of pyridine rings is 1. The van der Waals surface area contributed by atoms with E-state index < -0.39 is 17.7 Å². The predicted octanol–water partition coefficient (Wildman–Crippen LogP) is 5.39. The van der Waals surface area contributed by atoms with Crippen LogP contribution in [-0.2, 0) is 9.59 Å². The Kier molecular flexibility index (Phi) is 5.11. The zero-order chi connectivity index (χ0) is 22.4. The maximum Gasteiger partial charge on any atom is 0.301 e. The summed E-state index contributed by atoms with van der Waals surface area (Å²) in [6.07, 6.45) is 3.05. The lowest BCUT2D eigenvalue weighted by molar-refractivity contribution is -0.132. The molecule has 5 rings (SSSR count). The van der Waals surface area contributed by atoms with Gasteiger partial charge in [-0.15, -0.1) is 0 Å². The third-order valence-electron chi connectivity index (χ3n) is 5.30. The fourth-order valence-corrected chi connectivity index (χ4v) is 5.32. The quantitative estimate of drug-likeness (QED) is 0.229. The molecule has 2 aromatic heterocycles. The maximum atomic E-state index is 13.2. The average molecular weight is 506 g/mol. The molecule has 0 bridgehead atoms. The molecule has 32 heavy (non-hydrogen) atoms. The number of anilines is 1. The number of aromatic nitrogens is 2. The monoisotopic (exact) mass is 505 g/mol. The van der Waals surface area contributed by atoms with Crippen molar-refractivity contribution in [3.05, 3.63) is 93.7 Å². The molecule has 4 aromatic rings. The fraction of sp³-hybridized carbons (Fsp3) is 0.0833. The van der Waals surface area contributed by atoms with E-state index in [-0.39, 0.29) is 11.3 Å². The number of hydrogen-bond acceptors (Lipinski definition) is 6. The van der Waals surface area contributed by atoms with Crippen molar-refractivity contribution in [1.82, 2.24) is 9.97 Å². The number of halogens is 1. The van der Waals surface area contributed by atoms with Crippen molar-refractivity contribution in [2.75, 3.05) is 4.90 Å².